The Morgan fingerprint density at radius 3 is 2.04 bits per heavy atom. The van der Waals surface area contributed by atoms with Crippen molar-refractivity contribution in [2.75, 3.05) is 10.2 Å². The highest BCUT2D eigenvalue weighted by molar-refractivity contribution is 5.87. The third-order valence-corrected chi connectivity index (χ3v) is 4.60. The van der Waals surface area contributed by atoms with Crippen LogP contribution in [0, 0.1) is 0 Å². The van der Waals surface area contributed by atoms with Crippen LogP contribution in [-0.2, 0) is 0 Å². The van der Waals surface area contributed by atoms with E-state index in [9.17, 15) is 0 Å². The van der Waals surface area contributed by atoms with Crippen molar-refractivity contribution in [3.8, 4) is 11.5 Å². The topological polar surface area (TPSA) is 24.5 Å². The van der Waals surface area contributed by atoms with E-state index in [2.05, 4.69) is 58.7 Å². The van der Waals surface area contributed by atoms with Crippen molar-refractivity contribution >= 4 is 28.4 Å². The number of hydrogen-bond donors (Lipinski definition) is 1. The summed E-state index contributed by atoms with van der Waals surface area (Å²) in [6.45, 7) is 0. The molecule has 0 amide bonds. The maximum Gasteiger partial charge on any atom is 0.151 e. The van der Waals surface area contributed by atoms with Gasteiger partial charge in [0.1, 0.15) is 0 Å². The lowest BCUT2D eigenvalue weighted by molar-refractivity contribution is 0.477. The molecule has 0 atom stereocenters. The first kappa shape index (κ1) is 15.5. The fourth-order valence-corrected chi connectivity index (χ4v) is 3.38. The highest BCUT2D eigenvalue weighted by Gasteiger charge is 2.25. The molecule has 0 saturated heterocycles. The zero-order chi connectivity index (χ0) is 18.1. The monoisotopic (exact) mass is 350 g/mol. The molecule has 4 aromatic rings. The number of fused-ring (bicyclic) bond motifs is 2. The van der Waals surface area contributed by atoms with Crippen LogP contribution in [0.3, 0.4) is 0 Å². The van der Waals surface area contributed by atoms with E-state index in [0.717, 1.165) is 39.9 Å². The van der Waals surface area contributed by atoms with Gasteiger partial charge in [-0.3, -0.25) is 0 Å². The zero-order valence-electron chi connectivity index (χ0n) is 14.7. The summed E-state index contributed by atoms with van der Waals surface area (Å²) in [5, 5.41) is 3.47. The minimum atomic E-state index is 0.844. The fourth-order valence-electron chi connectivity index (χ4n) is 3.38. The van der Waals surface area contributed by atoms with Crippen LogP contribution in [0.2, 0.25) is 0 Å². The van der Waals surface area contributed by atoms with Crippen molar-refractivity contribution in [1.29, 1.82) is 0 Å². The van der Waals surface area contributed by atoms with Gasteiger partial charge in [0.15, 0.2) is 11.5 Å². The zero-order valence-corrected chi connectivity index (χ0v) is 14.7. The van der Waals surface area contributed by atoms with Crippen LogP contribution in [-0.4, -0.2) is 0 Å². The first-order chi connectivity index (χ1) is 13.4. The highest BCUT2D eigenvalue weighted by Crippen LogP contribution is 2.50. The third-order valence-electron chi connectivity index (χ3n) is 4.60. The molecule has 1 N–H and O–H groups in total. The van der Waals surface area contributed by atoms with Gasteiger partial charge in [-0.25, -0.2) is 0 Å². The molecule has 130 valence electrons. The van der Waals surface area contributed by atoms with Crippen LogP contribution < -0.4 is 15.0 Å². The van der Waals surface area contributed by atoms with E-state index in [-0.39, 0.29) is 0 Å². The summed E-state index contributed by atoms with van der Waals surface area (Å²) in [6.07, 6.45) is 0. The van der Waals surface area contributed by atoms with Gasteiger partial charge in [0.2, 0.25) is 0 Å². The van der Waals surface area contributed by atoms with Crippen molar-refractivity contribution in [3.63, 3.8) is 0 Å². The molecular weight excluding hydrogens is 332 g/mol. The number of nitrogens with one attached hydrogen (secondary N) is 1. The Morgan fingerprint density at radius 2 is 1.22 bits per heavy atom. The molecule has 0 spiro atoms. The predicted octanol–water partition coefficient (Wildman–Crippen LogP) is 7.01. The molecule has 5 rings (SSSR count). The maximum atomic E-state index is 6.16. The van der Waals surface area contributed by atoms with Crippen LogP contribution >= 0.6 is 0 Å². The van der Waals surface area contributed by atoms with Crippen LogP contribution in [0.25, 0.3) is 0 Å². The van der Waals surface area contributed by atoms with Crippen LogP contribution in [0.4, 0.5) is 28.4 Å². The van der Waals surface area contributed by atoms with E-state index in [4.69, 9.17) is 4.74 Å². The average molecular weight is 350 g/mol. The minimum absolute atomic E-state index is 0.844. The summed E-state index contributed by atoms with van der Waals surface area (Å²) < 4.78 is 6.16. The standard InChI is InChI=1S/C24H18N2O/c1-3-9-18(10-4-1)25-19-15-16-24-22(17-19)26(20-11-5-2-6-12-20)21-13-7-8-14-23(21)27-24/h1-17,25H. The molecule has 1 aliphatic rings. The second-order valence-electron chi connectivity index (χ2n) is 6.41. The van der Waals surface area contributed by atoms with Crippen molar-refractivity contribution < 1.29 is 4.74 Å². The van der Waals surface area contributed by atoms with Crippen LogP contribution in [0.15, 0.2) is 103 Å². The molecule has 1 heterocycles. The number of rotatable bonds is 3. The van der Waals surface area contributed by atoms with Crippen molar-refractivity contribution in [2.45, 2.75) is 0 Å². The van der Waals surface area contributed by atoms with E-state index in [1.165, 1.54) is 0 Å². The lowest BCUT2D eigenvalue weighted by atomic mass is 10.1. The summed E-state index contributed by atoms with van der Waals surface area (Å²) in [4.78, 5) is 2.24. The Kier molecular flexibility index (Phi) is 3.76. The number of anilines is 5. The van der Waals surface area contributed by atoms with E-state index in [1.54, 1.807) is 0 Å². The number of ether oxygens (including phenoxy) is 1. The number of nitrogens with zero attached hydrogens (tertiary/aromatic N) is 1. The summed E-state index contributed by atoms with van der Waals surface area (Å²) in [7, 11) is 0. The second-order valence-corrected chi connectivity index (χ2v) is 6.41. The van der Waals surface area contributed by atoms with E-state index in [1.807, 2.05) is 54.6 Å². The summed E-state index contributed by atoms with van der Waals surface area (Å²) in [5.74, 6) is 1.70. The van der Waals surface area contributed by atoms with Gasteiger partial charge in [0, 0.05) is 17.1 Å². The lowest BCUT2D eigenvalue weighted by Crippen LogP contribution is -2.15. The molecule has 0 bridgehead atoms. The number of benzene rings is 4. The number of para-hydroxylation sites is 4. The van der Waals surface area contributed by atoms with E-state index < -0.39 is 0 Å². The minimum Gasteiger partial charge on any atom is -0.453 e. The van der Waals surface area contributed by atoms with Gasteiger partial charge in [-0.1, -0.05) is 48.5 Å². The smallest absolute Gasteiger partial charge is 0.151 e. The Hall–Kier alpha value is -3.72. The molecule has 1 aliphatic heterocycles. The summed E-state index contributed by atoms with van der Waals surface area (Å²) in [6, 6.07) is 34.9. The van der Waals surface area contributed by atoms with Crippen LogP contribution in [0.1, 0.15) is 0 Å². The van der Waals surface area contributed by atoms with Gasteiger partial charge in [0.05, 0.1) is 11.4 Å². The summed E-state index contributed by atoms with van der Waals surface area (Å²) in [5.41, 5.74) is 5.23. The predicted molar refractivity (Wildman–Crippen MR) is 111 cm³/mol. The van der Waals surface area contributed by atoms with E-state index in [0.29, 0.717) is 0 Å². The molecule has 0 fully saturated rings. The SMILES string of the molecule is c1ccc(Nc2ccc3c(c2)N(c2ccccc2)c2ccccc2O3)cc1. The lowest BCUT2D eigenvalue weighted by Gasteiger charge is -2.33. The van der Waals surface area contributed by atoms with Gasteiger partial charge in [-0.15, -0.1) is 0 Å². The summed E-state index contributed by atoms with van der Waals surface area (Å²) >= 11 is 0. The molecule has 3 heteroatoms. The van der Waals surface area contributed by atoms with E-state index >= 15 is 0 Å². The largest absolute Gasteiger partial charge is 0.453 e. The molecular formula is C24H18N2O. The first-order valence-electron chi connectivity index (χ1n) is 8.97. The third kappa shape index (κ3) is 2.89. The van der Waals surface area contributed by atoms with Gasteiger partial charge in [-0.2, -0.15) is 0 Å². The molecule has 0 radical (unpaired) electrons. The van der Waals surface area contributed by atoms with Crippen LogP contribution in [0.5, 0.6) is 11.5 Å². The molecule has 3 nitrogen and oxygen atoms in total. The van der Waals surface area contributed by atoms with Crippen molar-refractivity contribution in [2.24, 2.45) is 0 Å². The van der Waals surface area contributed by atoms with Crippen molar-refractivity contribution in [1.82, 2.24) is 0 Å². The Morgan fingerprint density at radius 1 is 0.556 bits per heavy atom. The Bertz CT molecular complexity index is 1080. The van der Waals surface area contributed by atoms with Gasteiger partial charge < -0.3 is 15.0 Å². The quantitative estimate of drug-likeness (QED) is 0.379. The molecule has 4 aromatic carbocycles. The molecule has 0 unspecified atom stereocenters. The average Bonchev–Trinajstić information content (AvgIpc) is 2.73. The normalized spacial score (nSPS) is 11.9. The Balaban J connectivity index is 1.62. The maximum absolute atomic E-state index is 6.16. The number of hydrogen-bond acceptors (Lipinski definition) is 3. The fraction of sp³-hybridized carbons (Fsp3) is 0. The molecule has 0 aromatic heterocycles. The van der Waals surface area contributed by atoms with Gasteiger partial charge in [0.25, 0.3) is 0 Å². The first-order valence-corrected chi connectivity index (χ1v) is 8.97. The molecule has 0 saturated carbocycles. The molecule has 0 aliphatic carbocycles. The molecule has 27 heavy (non-hydrogen) atoms. The van der Waals surface area contributed by atoms with Gasteiger partial charge >= 0.3 is 0 Å². The highest BCUT2D eigenvalue weighted by atomic mass is 16.5. The van der Waals surface area contributed by atoms with Gasteiger partial charge in [-0.05, 0) is 54.6 Å². The Labute approximate surface area is 158 Å². The second kappa shape index (κ2) is 6.54. The van der Waals surface area contributed by atoms with Crippen molar-refractivity contribution in [3.05, 3.63) is 103 Å².